The fourth-order valence-electron chi connectivity index (χ4n) is 3.45. The number of hydrogen-bond donors (Lipinski definition) is 2. The minimum atomic E-state index is -0.698. The largest absolute Gasteiger partial charge is 0.465 e. The second kappa shape index (κ2) is 8.04. The molecule has 0 bridgehead atoms. The first-order valence-corrected chi connectivity index (χ1v) is 10.0. The molecule has 2 N–H and O–H groups in total. The molecule has 150 valence electrons. The van der Waals surface area contributed by atoms with E-state index in [0.717, 1.165) is 36.1 Å². The van der Waals surface area contributed by atoms with Crippen LogP contribution in [0.5, 0.6) is 0 Å². The molecule has 0 fully saturated rings. The molecule has 2 heterocycles. The van der Waals surface area contributed by atoms with E-state index in [1.54, 1.807) is 18.2 Å². The molecular formula is C20H19N3O5S. The number of esters is 2. The maximum atomic E-state index is 12.4. The Morgan fingerprint density at radius 2 is 1.97 bits per heavy atom. The van der Waals surface area contributed by atoms with Crippen LogP contribution >= 0.6 is 11.3 Å². The van der Waals surface area contributed by atoms with Crippen molar-refractivity contribution in [1.82, 2.24) is 10.2 Å². The fourth-order valence-corrected chi connectivity index (χ4v) is 4.75. The van der Waals surface area contributed by atoms with Gasteiger partial charge in [0.15, 0.2) is 12.3 Å². The van der Waals surface area contributed by atoms with Crippen molar-refractivity contribution in [3.05, 3.63) is 46.0 Å². The average Bonchev–Trinajstić information content (AvgIpc) is 3.32. The number of nitrogens with one attached hydrogen (secondary N) is 2. The van der Waals surface area contributed by atoms with Gasteiger partial charge in [0, 0.05) is 10.3 Å². The Morgan fingerprint density at radius 3 is 2.79 bits per heavy atom. The lowest BCUT2D eigenvalue weighted by atomic mass is 9.95. The summed E-state index contributed by atoms with van der Waals surface area (Å²) in [6.07, 6.45) is 3.71. The highest BCUT2D eigenvalue weighted by Crippen LogP contribution is 2.38. The molecule has 1 aliphatic carbocycles. The van der Waals surface area contributed by atoms with Gasteiger partial charge in [-0.05, 0) is 37.3 Å². The van der Waals surface area contributed by atoms with Crippen LogP contribution in [0.25, 0.3) is 10.9 Å². The second-order valence-corrected chi connectivity index (χ2v) is 7.75. The Bertz CT molecular complexity index is 1100. The predicted octanol–water partition coefficient (Wildman–Crippen LogP) is 3.09. The number of fused-ring (bicyclic) bond motifs is 2. The summed E-state index contributed by atoms with van der Waals surface area (Å²) in [5.74, 6) is -1.70. The van der Waals surface area contributed by atoms with Crippen LogP contribution in [0.1, 0.15) is 44.1 Å². The summed E-state index contributed by atoms with van der Waals surface area (Å²) >= 11 is 1.38. The highest BCUT2D eigenvalue weighted by atomic mass is 32.1. The number of aromatic nitrogens is 2. The minimum absolute atomic E-state index is 0.121. The van der Waals surface area contributed by atoms with Crippen molar-refractivity contribution in [3.8, 4) is 0 Å². The first kappa shape index (κ1) is 19.1. The Hall–Kier alpha value is -3.20. The molecule has 2 aromatic heterocycles. The molecule has 1 amide bonds. The second-order valence-electron chi connectivity index (χ2n) is 6.65. The lowest BCUT2D eigenvalue weighted by molar-refractivity contribution is -0.119. The highest BCUT2D eigenvalue weighted by Gasteiger charge is 2.27. The van der Waals surface area contributed by atoms with E-state index in [0.29, 0.717) is 21.5 Å². The molecule has 0 atom stereocenters. The van der Waals surface area contributed by atoms with Crippen molar-refractivity contribution < 1.29 is 23.9 Å². The Morgan fingerprint density at radius 1 is 1.17 bits per heavy atom. The molecule has 1 aromatic carbocycles. The predicted molar refractivity (Wildman–Crippen MR) is 107 cm³/mol. The molecule has 0 unspecified atom stereocenters. The number of benzene rings is 1. The summed E-state index contributed by atoms with van der Waals surface area (Å²) in [4.78, 5) is 38.0. The van der Waals surface area contributed by atoms with Crippen molar-refractivity contribution in [2.75, 3.05) is 19.0 Å². The number of carbonyl (C=O) groups is 3. The van der Waals surface area contributed by atoms with Gasteiger partial charge in [0.1, 0.15) is 5.00 Å². The minimum Gasteiger partial charge on any atom is -0.465 e. The van der Waals surface area contributed by atoms with Gasteiger partial charge in [-0.25, -0.2) is 9.59 Å². The lowest BCUT2D eigenvalue weighted by Crippen LogP contribution is -2.22. The molecule has 1 aliphatic rings. The maximum Gasteiger partial charge on any atom is 0.359 e. The van der Waals surface area contributed by atoms with Gasteiger partial charge < -0.3 is 14.8 Å². The number of carbonyl (C=O) groups excluding carboxylic acids is 3. The number of anilines is 1. The van der Waals surface area contributed by atoms with Crippen LogP contribution in [0, 0.1) is 0 Å². The smallest absolute Gasteiger partial charge is 0.359 e. The van der Waals surface area contributed by atoms with Crippen LogP contribution in [-0.2, 0) is 27.1 Å². The molecular weight excluding hydrogens is 394 g/mol. The summed E-state index contributed by atoms with van der Waals surface area (Å²) < 4.78 is 10.0. The zero-order valence-corrected chi connectivity index (χ0v) is 16.6. The number of rotatable bonds is 5. The van der Waals surface area contributed by atoms with Crippen LogP contribution in [0.3, 0.4) is 0 Å². The van der Waals surface area contributed by atoms with Crippen LogP contribution in [-0.4, -0.2) is 41.8 Å². The van der Waals surface area contributed by atoms with Gasteiger partial charge in [-0.1, -0.05) is 18.2 Å². The first-order chi connectivity index (χ1) is 14.1. The van der Waals surface area contributed by atoms with Crippen LogP contribution in [0.15, 0.2) is 24.3 Å². The Balaban J connectivity index is 1.45. The molecule has 9 heteroatoms. The summed E-state index contributed by atoms with van der Waals surface area (Å²) in [5.41, 5.74) is 2.18. The van der Waals surface area contributed by atoms with Crippen molar-refractivity contribution >= 4 is 45.1 Å². The van der Waals surface area contributed by atoms with Crippen molar-refractivity contribution in [1.29, 1.82) is 0 Å². The lowest BCUT2D eigenvalue weighted by Gasteiger charge is -2.11. The summed E-state index contributed by atoms with van der Waals surface area (Å²) in [6.45, 7) is -0.483. The number of nitrogens with zero attached hydrogens (tertiary/aromatic N) is 1. The molecule has 0 radical (unpaired) electrons. The number of thiophene rings is 1. The topological polar surface area (TPSA) is 110 Å². The fraction of sp³-hybridized carbons (Fsp3) is 0.300. The van der Waals surface area contributed by atoms with Crippen molar-refractivity contribution in [2.45, 2.75) is 25.7 Å². The van der Waals surface area contributed by atoms with E-state index in [4.69, 9.17) is 9.47 Å². The van der Waals surface area contributed by atoms with Crippen molar-refractivity contribution in [2.24, 2.45) is 0 Å². The third-order valence-corrected chi connectivity index (χ3v) is 6.02. The highest BCUT2D eigenvalue weighted by molar-refractivity contribution is 7.17. The van der Waals surface area contributed by atoms with Gasteiger partial charge in [0.2, 0.25) is 0 Å². The number of H-pyrrole nitrogens is 1. The molecule has 29 heavy (non-hydrogen) atoms. The van der Waals surface area contributed by atoms with E-state index in [2.05, 4.69) is 15.5 Å². The van der Waals surface area contributed by atoms with Gasteiger partial charge >= 0.3 is 11.9 Å². The normalized spacial score (nSPS) is 13.0. The van der Waals surface area contributed by atoms with Gasteiger partial charge in [-0.2, -0.15) is 5.10 Å². The molecule has 8 nitrogen and oxygen atoms in total. The van der Waals surface area contributed by atoms with Crippen molar-refractivity contribution in [3.63, 3.8) is 0 Å². The number of amides is 1. The molecule has 0 aliphatic heterocycles. The van der Waals surface area contributed by atoms with E-state index >= 15 is 0 Å². The number of aryl methyl sites for hydroxylation is 1. The summed E-state index contributed by atoms with van der Waals surface area (Å²) in [6, 6.07) is 7.14. The first-order valence-electron chi connectivity index (χ1n) is 9.21. The average molecular weight is 413 g/mol. The van der Waals surface area contributed by atoms with E-state index in [1.807, 2.05) is 6.07 Å². The third-order valence-electron chi connectivity index (χ3n) is 4.81. The zero-order chi connectivity index (χ0) is 20.4. The van der Waals surface area contributed by atoms with E-state index in [1.165, 1.54) is 18.4 Å². The molecule has 0 spiro atoms. The Kier molecular flexibility index (Phi) is 5.30. The summed E-state index contributed by atoms with van der Waals surface area (Å²) in [7, 11) is 1.32. The Labute approximate surface area is 170 Å². The van der Waals surface area contributed by atoms with E-state index in [9.17, 15) is 14.4 Å². The van der Waals surface area contributed by atoms with Gasteiger partial charge in [-0.15, -0.1) is 11.3 Å². The quantitative estimate of drug-likeness (QED) is 0.622. The van der Waals surface area contributed by atoms with E-state index < -0.39 is 24.5 Å². The number of para-hydroxylation sites is 1. The number of ether oxygens (including phenoxy) is 2. The molecule has 4 rings (SSSR count). The van der Waals surface area contributed by atoms with Crippen LogP contribution in [0.4, 0.5) is 5.00 Å². The SMILES string of the molecule is COC(=O)c1c(NC(=O)COC(=O)c2n[nH]c3ccccc23)sc2c1CCCC2. The molecule has 0 saturated carbocycles. The van der Waals surface area contributed by atoms with Gasteiger partial charge in [-0.3, -0.25) is 9.89 Å². The summed E-state index contributed by atoms with van der Waals surface area (Å²) in [5, 5.41) is 10.5. The van der Waals surface area contributed by atoms with Gasteiger partial charge in [0.25, 0.3) is 5.91 Å². The van der Waals surface area contributed by atoms with E-state index in [-0.39, 0.29) is 5.69 Å². The van der Waals surface area contributed by atoms with Gasteiger partial charge in [0.05, 0.1) is 18.2 Å². The van der Waals surface area contributed by atoms with Crippen LogP contribution < -0.4 is 5.32 Å². The van der Waals surface area contributed by atoms with Crippen LogP contribution in [0.2, 0.25) is 0 Å². The standard InChI is InChI=1S/C20H19N3O5S/c1-27-19(25)16-12-7-3-5-9-14(12)29-18(16)21-15(24)10-28-20(26)17-11-6-2-4-8-13(11)22-23-17/h2,4,6,8H,3,5,7,9-10H2,1H3,(H,21,24)(H,22,23). The molecule has 3 aromatic rings. The molecule has 0 saturated heterocycles. The zero-order valence-electron chi connectivity index (χ0n) is 15.7. The monoisotopic (exact) mass is 413 g/mol. The number of aromatic amines is 1. The number of methoxy groups -OCH3 is 1. The maximum absolute atomic E-state index is 12.4. The third kappa shape index (κ3) is 3.73. The number of hydrogen-bond acceptors (Lipinski definition) is 7.